The van der Waals surface area contributed by atoms with E-state index in [0.717, 1.165) is 10.0 Å². The normalized spacial score (nSPS) is 10.5. The zero-order valence-electron chi connectivity index (χ0n) is 12.2. The summed E-state index contributed by atoms with van der Waals surface area (Å²) in [6, 6.07) is 3.89. The van der Waals surface area contributed by atoms with Gasteiger partial charge in [-0.1, -0.05) is 15.9 Å². The number of nitrogens with one attached hydrogen (secondary N) is 2. The number of carbonyl (C=O) groups is 1. The van der Waals surface area contributed by atoms with E-state index in [1.54, 1.807) is 14.2 Å². The molecule has 112 valence electrons. The number of halogens is 1. The van der Waals surface area contributed by atoms with Crippen molar-refractivity contribution in [3.05, 3.63) is 22.2 Å². The van der Waals surface area contributed by atoms with Crippen LogP contribution in [-0.4, -0.2) is 32.7 Å². The molecule has 0 saturated carbocycles. The van der Waals surface area contributed by atoms with Crippen molar-refractivity contribution in [2.45, 2.75) is 26.4 Å². The lowest BCUT2D eigenvalue weighted by atomic mass is 10.2. The molecule has 0 aliphatic carbocycles. The fourth-order valence-corrected chi connectivity index (χ4v) is 2.18. The summed E-state index contributed by atoms with van der Waals surface area (Å²) in [6.07, 6.45) is 0. The topological polar surface area (TPSA) is 59.6 Å². The number of carbonyl (C=O) groups excluding carboxylic acids is 1. The van der Waals surface area contributed by atoms with Gasteiger partial charge in [-0.05, 0) is 31.5 Å². The Balaban J connectivity index is 2.62. The van der Waals surface area contributed by atoms with E-state index >= 15 is 0 Å². The highest BCUT2D eigenvalue weighted by Gasteiger charge is 2.10. The summed E-state index contributed by atoms with van der Waals surface area (Å²) >= 11 is 3.48. The smallest absolute Gasteiger partial charge is 0.234 e. The van der Waals surface area contributed by atoms with Gasteiger partial charge in [0.1, 0.15) is 0 Å². The lowest BCUT2D eigenvalue weighted by Crippen LogP contribution is -2.37. The Morgan fingerprint density at radius 1 is 1.25 bits per heavy atom. The van der Waals surface area contributed by atoms with Crippen LogP contribution in [0.3, 0.4) is 0 Å². The number of amides is 1. The van der Waals surface area contributed by atoms with Crippen LogP contribution in [0, 0.1) is 0 Å². The maximum absolute atomic E-state index is 11.5. The standard InChI is InChI=1S/C14H21BrN2O3/c1-9(2)17-14(18)8-16-7-10-5-12(19-3)13(20-4)6-11(10)15/h5-6,9,16H,7-8H2,1-4H3,(H,17,18). The summed E-state index contributed by atoms with van der Waals surface area (Å²) < 4.78 is 11.4. The van der Waals surface area contributed by atoms with E-state index < -0.39 is 0 Å². The fourth-order valence-electron chi connectivity index (χ4n) is 1.72. The van der Waals surface area contributed by atoms with Gasteiger partial charge in [0.2, 0.25) is 5.91 Å². The Morgan fingerprint density at radius 2 is 1.85 bits per heavy atom. The van der Waals surface area contributed by atoms with E-state index in [2.05, 4.69) is 26.6 Å². The molecule has 5 nitrogen and oxygen atoms in total. The van der Waals surface area contributed by atoms with Crippen molar-refractivity contribution in [3.8, 4) is 11.5 Å². The van der Waals surface area contributed by atoms with Gasteiger partial charge < -0.3 is 20.1 Å². The number of hydrogen-bond donors (Lipinski definition) is 2. The molecule has 0 atom stereocenters. The van der Waals surface area contributed by atoms with E-state index in [9.17, 15) is 4.79 Å². The molecule has 20 heavy (non-hydrogen) atoms. The van der Waals surface area contributed by atoms with Crippen LogP contribution in [0.4, 0.5) is 0 Å². The van der Waals surface area contributed by atoms with Crippen molar-refractivity contribution < 1.29 is 14.3 Å². The predicted molar refractivity (Wildman–Crippen MR) is 82.2 cm³/mol. The van der Waals surface area contributed by atoms with Gasteiger partial charge in [0.05, 0.1) is 20.8 Å². The minimum absolute atomic E-state index is 0.0170. The average Bonchev–Trinajstić information content (AvgIpc) is 2.39. The summed E-state index contributed by atoms with van der Waals surface area (Å²) in [4.78, 5) is 11.5. The van der Waals surface area contributed by atoms with Gasteiger partial charge in [0.25, 0.3) is 0 Å². The molecule has 0 unspecified atom stereocenters. The zero-order valence-corrected chi connectivity index (χ0v) is 13.8. The van der Waals surface area contributed by atoms with E-state index in [0.29, 0.717) is 18.0 Å². The Labute approximate surface area is 128 Å². The van der Waals surface area contributed by atoms with Crippen molar-refractivity contribution in [1.29, 1.82) is 0 Å². The highest BCUT2D eigenvalue weighted by atomic mass is 79.9. The van der Waals surface area contributed by atoms with Crippen LogP contribution in [0.5, 0.6) is 11.5 Å². The third kappa shape index (κ3) is 5.02. The summed E-state index contributed by atoms with van der Waals surface area (Å²) in [5.41, 5.74) is 1.000. The molecule has 6 heteroatoms. The lowest BCUT2D eigenvalue weighted by Gasteiger charge is -2.13. The maximum Gasteiger partial charge on any atom is 0.234 e. The van der Waals surface area contributed by atoms with Crippen LogP contribution >= 0.6 is 15.9 Å². The molecular formula is C14H21BrN2O3. The highest BCUT2D eigenvalue weighted by molar-refractivity contribution is 9.10. The van der Waals surface area contributed by atoms with Gasteiger partial charge in [-0.15, -0.1) is 0 Å². The first kappa shape index (κ1) is 16.8. The van der Waals surface area contributed by atoms with Gasteiger partial charge in [-0.2, -0.15) is 0 Å². The number of methoxy groups -OCH3 is 2. The van der Waals surface area contributed by atoms with Crippen LogP contribution in [0.25, 0.3) is 0 Å². The molecule has 0 aliphatic rings. The SMILES string of the molecule is COc1cc(Br)c(CNCC(=O)NC(C)C)cc1OC. The Hall–Kier alpha value is -1.27. The molecular weight excluding hydrogens is 324 g/mol. The van der Waals surface area contributed by atoms with Crippen molar-refractivity contribution in [2.24, 2.45) is 0 Å². The van der Waals surface area contributed by atoms with Crippen LogP contribution in [0.1, 0.15) is 19.4 Å². The number of rotatable bonds is 7. The molecule has 0 fully saturated rings. The summed E-state index contributed by atoms with van der Waals surface area (Å²) in [5, 5.41) is 5.92. The molecule has 1 rings (SSSR count). The minimum atomic E-state index is -0.0170. The molecule has 0 aliphatic heterocycles. The number of ether oxygens (including phenoxy) is 2. The van der Waals surface area contributed by atoms with Crippen molar-refractivity contribution in [1.82, 2.24) is 10.6 Å². The van der Waals surface area contributed by atoms with Crippen LogP contribution in [-0.2, 0) is 11.3 Å². The monoisotopic (exact) mass is 344 g/mol. The summed E-state index contributed by atoms with van der Waals surface area (Å²) in [7, 11) is 3.19. The first-order valence-electron chi connectivity index (χ1n) is 6.38. The molecule has 0 heterocycles. The first-order valence-corrected chi connectivity index (χ1v) is 7.17. The Kier molecular flexibility index (Phi) is 6.81. The molecule has 0 radical (unpaired) electrons. The quantitative estimate of drug-likeness (QED) is 0.795. The Bertz CT molecular complexity index is 464. The number of hydrogen-bond acceptors (Lipinski definition) is 4. The molecule has 0 aromatic heterocycles. The van der Waals surface area contributed by atoms with E-state index in [-0.39, 0.29) is 18.5 Å². The molecule has 0 spiro atoms. The third-order valence-corrected chi connectivity index (χ3v) is 3.34. The van der Waals surface area contributed by atoms with Gasteiger partial charge >= 0.3 is 0 Å². The number of benzene rings is 1. The van der Waals surface area contributed by atoms with E-state index in [1.165, 1.54) is 0 Å². The van der Waals surface area contributed by atoms with Gasteiger partial charge in [0, 0.05) is 17.1 Å². The first-order chi connectivity index (χ1) is 9.47. The fraction of sp³-hybridized carbons (Fsp3) is 0.500. The lowest BCUT2D eigenvalue weighted by molar-refractivity contribution is -0.120. The second-order valence-corrected chi connectivity index (χ2v) is 5.48. The largest absolute Gasteiger partial charge is 0.493 e. The third-order valence-electron chi connectivity index (χ3n) is 2.60. The van der Waals surface area contributed by atoms with Crippen LogP contribution in [0.2, 0.25) is 0 Å². The highest BCUT2D eigenvalue weighted by Crippen LogP contribution is 2.33. The van der Waals surface area contributed by atoms with Crippen molar-refractivity contribution in [2.75, 3.05) is 20.8 Å². The van der Waals surface area contributed by atoms with Crippen LogP contribution in [0.15, 0.2) is 16.6 Å². The summed E-state index contributed by atoms with van der Waals surface area (Å²) in [5.74, 6) is 1.32. The van der Waals surface area contributed by atoms with Gasteiger partial charge in [-0.3, -0.25) is 4.79 Å². The van der Waals surface area contributed by atoms with Crippen molar-refractivity contribution in [3.63, 3.8) is 0 Å². The Morgan fingerprint density at radius 3 is 2.40 bits per heavy atom. The molecule has 1 amide bonds. The van der Waals surface area contributed by atoms with Crippen LogP contribution < -0.4 is 20.1 Å². The maximum atomic E-state index is 11.5. The van der Waals surface area contributed by atoms with E-state index in [4.69, 9.17) is 9.47 Å². The molecule has 0 saturated heterocycles. The van der Waals surface area contributed by atoms with E-state index in [1.807, 2.05) is 26.0 Å². The predicted octanol–water partition coefficient (Wildman–Crippen LogP) is 2.08. The molecule has 1 aromatic rings. The molecule has 2 N–H and O–H groups in total. The summed E-state index contributed by atoms with van der Waals surface area (Å²) in [6.45, 7) is 4.71. The van der Waals surface area contributed by atoms with Gasteiger partial charge in [0.15, 0.2) is 11.5 Å². The molecule has 1 aromatic carbocycles. The second-order valence-electron chi connectivity index (χ2n) is 4.62. The zero-order chi connectivity index (χ0) is 15.1. The second kappa shape index (κ2) is 8.11. The minimum Gasteiger partial charge on any atom is -0.493 e. The van der Waals surface area contributed by atoms with Crippen molar-refractivity contribution >= 4 is 21.8 Å². The van der Waals surface area contributed by atoms with Gasteiger partial charge in [-0.25, -0.2) is 0 Å². The average molecular weight is 345 g/mol. The molecule has 0 bridgehead atoms.